The summed E-state index contributed by atoms with van der Waals surface area (Å²) in [7, 11) is 0. The average Bonchev–Trinajstić information content (AvgIpc) is 2.83. The van der Waals surface area contributed by atoms with Gasteiger partial charge in [-0.15, -0.1) is 11.3 Å². The van der Waals surface area contributed by atoms with E-state index in [-0.39, 0.29) is 6.04 Å². The summed E-state index contributed by atoms with van der Waals surface area (Å²) in [5.41, 5.74) is 9.54. The summed E-state index contributed by atoms with van der Waals surface area (Å²) in [4.78, 5) is 4.42. The minimum atomic E-state index is 0.182. The van der Waals surface area contributed by atoms with E-state index in [1.54, 1.807) is 11.3 Å². The number of rotatable bonds is 6. The van der Waals surface area contributed by atoms with Crippen LogP contribution in [0.25, 0.3) is 0 Å². The Morgan fingerprint density at radius 2 is 2.15 bits per heavy atom. The van der Waals surface area contributed by atoms with Crippen molar-refractivity contribution < 1.29 is 4.74 Å². The molecule has 0 amide bonds. The van der Waals surface area contributed by atoms with Gasteiger partial charge in [0.2, 0.25) is 0 Å². The maximum atomic E-state index is 6.07. The van der Waals surface area contributed by atoms with Crippen molar-refractivity contribution in [3.8, 4) is 5.75 Å². The van der Waals surface area contributed by atoms with Crippen molar-refractivity contribution in [3.63, 3.8) is 0 Å². The third-order valence-corrected chi connectivity index (χ3v) is 4.18. The highest BCUT2D eigenvalue weighted by atomic mass is 32.1. The summed E-state index contributed by atoms with van der Waals surface area (Å²) in [6.45, 7) is 6.72. The van der Waals surface area contributed by atoms with Gasteiger partial charge in [0.1, 0.15) is 17.4 Å². The number of aryl methyl sites for hydroxylation is 2. The zero-order valence-electron chi connectivity index (χ0n) is 12.3. The molecule has 0 saturated heterocycles. The van der Waals surface area contributed by atoms with E-state index in [0.717, 1.165) is 29.3 Å². The van der Waals surface area contributed by atoms with Crippen LogP contribution in [0, 0.1) is 13.8 Å². The monoisotopic (exact) mass is 290 g/mol. The van der Waals surface area contributed by atoms with Crippen LogP contribution in [-0.4, -0.2) is 11.0 Å². The standard InChI is InChI=1S/C16H22N2OS/c1-4-14(17)8-13-7-11(2)5-6-15(13)19-9-16-18-12(3)10-20-16/h5-7,10,14H,4,8-9,17H2,1-3H3. The van der Waals surface area contributed by atoms with Gasteiger partial charge < -0.3 is 10.5 Å². The highest BCUT2D eigenvalue weighted by Gasteiger charge is 2.09. The SMILES string of the molecule is CCC(N)Cc1cc(C)ccc1OCc1nc(C)cs1. The van der Waals surface area contributed by atoms with E-state index in [1.165, 1.54) is 11.1 Å². The summed E-state index contributed by atoms with van der Waals surface area (Å²) >= 11 is 1.64. The molecule has 1 aromatic heterocycles. The molecule has 2 aromatic rings. The van der Waals surface area contributed by atoms with E-state index >= 15 is 0 Å². The lowest BCUT2D eigenvalue weighted by molar-refractivity contribution is 0.301. The Morgan fingerprint density at radius 3 is 2.80 bits per heavy atom. The zero-order chi connectivity index (χ0) is 14.5. The van der Waals surface area contributed by atoms with Crippen LogP contribution in [0.5, 0.6) is 5.75 Å². The maximum absolute atomic E-state index is 6.07. The molecule has 0 fully saturated rings. The fraction of sp³-hybridized carbons (Fsp3) is 0.438. The number of benzene rings is 1. The van der Waals surface area contributed by atoms with E-state index in [9.17, 15) is 0 Å². The van der Waals surface area contributed by atoms with Gasteiger partial charge in [0, 0.05) is 17.1 Å². The second-order valence-electron chi connectivity index (χ2n) is 5.15. The Labute approximate surface area is 124 Å². The third kappa shape index (κ3) is 4.05. The normalized spacial score (nSPS) is 12.4. The summed E-state index contributed by atoms with van der Waals surface area (Å²) in [6, 6.07) is 6.45. The highest BCUT2D eigenvalue weighted by molar-refractivity contribution is 7.09. The number of thiazole rings is 1. The number of nitrogens with zero attached hydrogens (tertiary/aromatic N) is 1. The van der Waals surface area contributed by atoms with Crippen molar-refractivity contribution in [2.75, 3.05) is 0 Å². The van der Waals surface area contributed by atoms with E-state index in [2.05, 4.69) is 31.0 Å². The molecular weight excluding hydrogens is 268 g/mol. The van der Waals surface area contributed by atoms with Crippen molar-refractivity contribution in [3.05, 3.63) is 45.4 Å². The third-order valence-electron chi connectivity index (χ3n) is 3.24. The molecule has 0 saturated carbocycles. The molecule has 1 unspecified atom stereocenters. The molecule has 0 radical (unpaired) electrons. The first-order chi connectivity index (χ1) is 9.58. The minimum Gasteiger partial charge on any atom is -0.486 e. The molecule has 108 valence electrons. The Morgan fingerprint density at radius 1 is 1.35 bits per heavy atom. The molecule has 1 aromatic carbocycles. The molecule has 0 aliphatic heterocycles. The molecule has 0 spiro atoms. The number of hydrogen-bond donors (Lipinski definition) is 1. The van der Waals surface area contributed by atoms with Gasteiger partial charge in [-0.3, -0.25) is 0 Å². The molecule has 0 aliphatic rings. The van der Waals surface area contributed by atoms with Crippen LogP contribution in [-0.2, 0) is 13.0 Å². The minimum absolute atomic E-state index is 0.182. The number of nitrogens with two attached hydrogens (primary N) is 1. The predicted octanol–water partition coefficient (Wildman–Crippen LogP) is 3.62. The molecule has 3 nitrogen and oxygen atoms in total. The Hall–Kier alpha value is -1.39. The number of ether oxygens (including phenoxy) is 1. The lowest BCUT2D eigenvalue weighted by atomic mass is 10.0. The zero-order valence-corrected chi connectivity index (χ0v) is 13.2. The van der Waals surface area contributed by atoms with E-state index in [0.29, 0.717) is 6.61 Å². The van der Waals surface area contributed by atoms with Crippen molar-refractivity contribution in [1.29, 1.82) is 0 Å². The van der Waals surface area contributed by atoms with E-state index in [4.69, 9.17) is 10.5 Å². The Kier molecular flexibility index (Phi) is 5.15. The Balaban J connectivity index is 2.09. The summed E-state index contributed by atoms with van der Waals surface area (Å²) in [5.74, 6) is 0.923. The van der Waals surface area contributed by atoms with Gasteiger partial charge in [-0.05, 0) is 38.3 Å². The first-order valence-electron chi connectivity index (χ1n) is 6.97. The molecule has 2 rings (SSSR count). The van der Waals surface area contributed by atoms with Gasteiger partial charge in [0.15, 0.2) is 0 Å². The second-order valence-corrected chi connectivity index (χ2v) is 6.10. The average molecular weight is 290 g/mol. The van der Waals surface area contributed by atoms with Gasteiger partial charge in [-0.25, -0.2) is 4.98 Å². The molecular formula is C16H22N2OS. The molecule has 20 heavy (non-hydrogen) atoms. The topological polar surface area (TPSA) is 48.1 Å². The van der Waals surface area contributed by atoms with Gasteiger partial charge in [0.25, 0.3) is 0 Å². The van der Waals surface area contributed by atoms with Gasteiger partial charge in [-0.2, -0.15) is 0 Å². The fourth-order valence-corrected chi connectivity index (χ4v) is 2.73. The van der Waals surface area contributed by atoms with Crippen LogP contribution >= 0.6 is 11.3 Å². The van der Waals surface area contributed by atoms with E-state index < -0.39 is 0 Å². The molecule has 1 heterocycles. The molecule has 0 bridgehead atoms. The van der Waals surface area contributed by atoms with Crippen molar-refractivity contribution in [2.45, 2.75) is 46.3 Å². The number of hydrogen-bond acceptors (Lipinski definition) is 4. The fourth-order valence-electron chi connectivity index (χ4n) is 2.04. The molecule has 4 heteroatoms. The smallest absolute Gasteiger partial charge is 0.140 e. The van der Waals surface area contributed by atoms with Gasteiger partial charge >= 0.3 is 0 Å². The number of aromatic nitrogens is 1. The first-order valence-corrected chi connectivity index (χ1v) is 7.85. The molecule has 2 N–H and O–H groups in total. The van der Waals surface area contributed by atoms with Gasteiger partial charge in [0.05, 0.1) is 0 Å². The molecule has 0 aliphatic carbocycles. The van der Waals surface area contributed by atoms with Crippen LogP contribution in [0.4, 0.5) is 0 Å². The lowest BCUT2D eigenvalue weighted by Crippen LogP contribution is -2.21. The van der Waals surface area contributed by atoms with Crippen LogP contribution in [0.1, 0.15) is 35.2 Å². The summed E-state index contributed by atoms with van der Waals surface area (Å²) in [5, 5.41) is 3.05. The van der Waals surface area contributed by atoms with Crippen molar-refractivity contribution >= 4 is 11.3 Å². The van der Waals surface area contributed by atoms with Crippen LogP contribution in [0.15, 0.2) is 23.6 Å². The largest absolute Gasteiger partial charge is 0.486 e. The highest BCUT2D eigenvalue weighted by Crippen LogP contribution is 2.23. The summed E-state index contributed by atoms with van der Waals surface area (Å²) < 4.78 is 5.93. The quantitative estimate of drug-likeness (QED) is 0.884. The van der Waals surface area contributed by atoms with Crippen LogP contribution in [0.3, 0.4) is 0 Å². The molecule has 1 atom stereocenters. The van der Waals surface area contributed by atoms with E-state index in [1.807, 2.05) is 18.4 Å². The van der Waals surface area contributed by atoms with Crippen molar-refractivity contribution in [1.82, 2.24) is 4.98 Å². The van der Waals surface area contributed by atoms with Crippen molar-refractivity contribution in [2.24, 2.45) is 5.73 Å². The van der Waals surface area contributed by atoms with Gasteiger partial charge in [-0.1, -0.05) is 24.6 Å². The maximum Gasteiger partial charge on any atom is 0.140 e. The van der Waals surface area contributed by atoms with Crippen LogP contribution < -0.4 is 10.5 Å². The predicted molar refractivity (Wildman–Crippen MR) is 84.3 cm³/mol. The first kappa shape index (κ1) is 15.0. The van der Waals surface area contributed by atoms with Crippen LogP contribution in [0.2, 0.25) is 0 Å². The summed E-state index contributed by atoms with van der Waals surface area (Å²) in [6.07, 6.45) is 1.82. The second kappa shape index (κ2) is 6.86. The Bertz CT molecular complexity index is 565. The lowest BCUT2D eigenvalue weighted by Gasteiger charge is -2.14.